The number of hydrogen-bond acceptors (Lipinski definition) is 4. The van der Waals surface area contributed by atoms with Gasteiger partial charge >= 0.3 is 0 Å². The van der Waals surface area contributed by atoms with Crippen LogP contribution in [0.5, 0.6) is 0 Å². The third-order valence-corrected chi connectivity index (χ3v) is 5.63. The zero-order valence-electron chi connectivity index (χ0n) is 16.7. The van der Waals surface area contributed by atoms with E-state index in [0.717, 1.165) is 61.5 Å². The quantitative estimate of drug-likeness (QED) is 0.830. The predicted molar refractivity (Wildman–Crippen MR) is 113 cm³/mol. The van der Waals surface area contributed by atoms with Crippen LogP contribution in [0.3, 0.4) is 0 Å². The number of carbonyl (C=O) groups excluding carboxylic acids is 1. The van der Waals surface area contributed by atoms with Gasteiger partial charge in [-0.05, 0) is 62.1 Å². The Balaban J connectivity index is 1.47. The summed E-state index contributed by atoms with van der Waals surface area (Å²) in [5, 5.41) is 0. The molecule has 2 N–H and O–H groups in total. The molecule has 2 unspecified atom stereocenters. The van der Waals surface area contributed by atoms with Gasteiger partial charge in [-0.2, -0.15) is 0 Å². The number of nitrogens with zero attached hydrogens (tertiary/aromatic N) is 2. The highest BCUT2D eigenvalue weighted by Crippen LogP contribution is 2.32. The zero-order valence-corrected chi connectivity index (χ0v) is 16.7. The van der Waals surface area contributed by atoms with Crippen LogP contribution >= 0.6 is 0 Å². The Morgan fingerprint density at radius 3 is 2.54 bits per heavy atom. The average Bonchev–Trinajstić information content (AvgIpc) is 2.67. The maximum atomic E-state index is 13.1. The normalized spacial score (nSPS) is 22.7. The molecule has 0 radical (unpaired) electrons. The van der Waals surface area contributed by atoms with E-state index < -0.39 is 0 Å². The van der Waals surface area contributed by atoms with Crippen LogP contribution in [0.2, 0.25) is 0 Å². The van der Waals surface area contributed by atoms with Crippen LogP contribution in [0, 0.1) is 0 Å². The van der Waals surface area contributed by atoms with Crippen molar-refractivity contribution >= 4 is 17.3 Å². The summed E-state index contributed by atoms with van der Waals surface area (Å²) in [6.45, 7) is 7.74. The number of nitrogen functional groups attached to an aromatic ring is 1. The lowest BCUT2D eigenvalue weighted by Gasteiger charge is -2.35. The summed E-state index contributed by atoms with van der Waals surface area (Å²) in [6, 6.07) is 13.9. The molecular weight excluding hydrogens is 350 g/mol. The molecule has 2 aromatic carbocycles. The number of carbonyl (C=O) groups is 1. The van der Waals surface area contributed by atoms with E-state index in [1.54, 1.807) is 0 Å². The number of benzene rings is 2. The summed E-state index contributed by atoms with van der Waals surface area (Å²) in [5.41, 5.74) is 10.9. The SMILES string of the molecule is CC1CN(Cc2ccc(C(=O)N3CCCc4c(N)cccc43)cc2)CC(C)O1. The van der Waals surface area contributed by atoms with Crippen molar-refractivity contribution in [1.29, 1.82) is 0 Å². The van der Waals surface area contributed by atoms with Gasteiger partial charge in [-0.3, -0.25) is 9.69 Å². The topological polar surface area (TPSA) is 58.8 Å². The second-order valence-electron chi connectivity index (χ2n) is 8.05. The second-order valence-corrected chi connectivity index (χ2v) is 8.05. The van der Waals surface area contributed by atoms with Crippen molar-refractivity contribution in [3.63, 3.8) is 0 Å². The number of morpholine rings is 1. The maximum Gasteiger partial charge on any atom is 0.258 e. The van der Waals surface area contributed by atoms with E-state index in [0.29, 0.717) is 0 Å². The minimum atomic E-state index is 0.0479. The molecule has 148 valence electrons. The van der Waals surface area contributed by atoms with Crippen LogP contribution in [0.1, 0.15) is 41.8 Å². The van der Waals surface area contributed by atoms with E-state index in [1.807, 2.05) is 35.2 Å². The van der Waals surface area contributed by atoms with Crippen molar-refractivity contribution in [2.24, 2.45) is 0 Å². The number of rotatable bonds is 3. The molecule has 5 nitrogen and oxygen atoms in total. The van der Waals surface area contributed by atoms with E-state index in [-0.39, 0.29) is 18.1 Å². The van der Waals surface area contributed by atoms with Crippen molar-refractivity contribution in [3.8, 4) is 0 Å². The Labute approximate surface area is 167 Å². The number of anilines is 2. The first-order valence-electron chi connectivity index (χ1n) is 10.2. The number of ether oxygens (including phenoxy) is 1. The lowest BCUT2D eigenvalue weighted by molar-refractivity contribution is -0.0704. The first-order valence-corrected chi connectivity index (χ1v) is 10.2. The van der Waals surface area contributed by atoms with E-state index in [4.69, 9.17) is 10.5 Å². The van der Waals surface area contributed by atoms with Crippen molar-refractivity contribution in [2.75, 3.05) is 30.3 Å². The van der Waals surface area contributed by atoms with E-state index in [9.17, 15) is 4.79 Å². The molecule has 1 fully saturated rings. The van der Waals surface area contributed by atoms with Gasteiger partial charge in [0, 0.05) is 43.1 Å². The standard InChI is InChI=1S/C23H29N3O2/c1-16-13-25(14-17(2)28-16)15-18-8-10-19(11-9-18)23(27)26-12-4-5-20-21(24)6-3-7-22(20)26/h3,6-11,16-17H,4-5,12-15,24H2,1-2H3. The van der Waals surface area contributed by atoms with E-state index >= 15 is 0 Å². The number of fused-ring (bicyclic) bond motifs is 1. The highest BCUT2D eigenvalue weighted by Gasteiger charge is 2.25. The minimum Gasteiger partial charge on any atom is -0.398 e. The summed E-state index contributed by atoms with van der Waals surface area (Å²) in [6.07, 6.45) is 2.40. The molecule has 2 aliphatic rings. The molecule has 0 saturated carbocycles. The molecule has 2 aromatic rings. The molecule has 4 rings (SSSR count). The van der Waals surface area contributed by atoms with Gasteiger partial charge in [-0.25, -0.2) is 0 Å². The molecule has 0 aliphatic carbocycles. The van der Waals surface area contributed by atoms with Gasteiger partial charge in [-0.15, -0.1) is 0 Å². The second kappa shape index (κ2) is 7.94. The molecule has 0 aromatic heterocycles. The Bertz CT molecular complexity index is 839. The number of nitrogens with two attached hydrogens (primary N) is 1. The van der Waals surface area contributed by atoms with Gasteiger partial charge in [0.05, 0.1) is 12.2 Å². The Kier molecular flexibility index (Phi) is 5.38. The molecule has 1 amide bonds. The third kappa shape index (κ3) is 3.91. The van der Waals surface area contributed by atoms with Gasteiger partial charge < -0.3 is 15.4 Å². The van der Waals surface area contributed by atoms with Crippen molar-refractivity contribution in [2.45, 2.75) is 45.4 Å². The molecule has 0 bridgehead atoms. The highest BCUT2D eigenvalue weighted by molar-refractivity contribution is 6.07. The molecule has 5 heteroatoms. The molecule has 2 aliphatic heterocycles. The van der Waals surface area contributed by atoms with Crippen LogP contribution in [-0.4, -0.2) is 42.6 Å². The number of hydrogen-bond donors (Lipinski definition) is 1. The maximum absolute atomic E-state index is 13.1. The van der Waals surface area contributed by atoms with Crippen LogP contribution in [0.4, 0.5) is 11.4 Å². The Hall–Kier alpha value is -2.37. The van der Waals surface area contributed by atoms with Crippen molar-refractivity contribution in [3.05, 3.63) is 59.2 Å². The van der Waals surface area contributed by atoms with E-state index in [1.165, 1.54) is 5.56 Å². The van der Waals surface area contributed by atoms with Crippen molar-refractivity contribution in [1.82, 2.24) is 4.90 Å². The average molecular weight is 380 g/mol. The summed E-state index contributed by atoms with van der Waals surface area (Å²) < 4.78 is 5.81. The molecular formula is C23H29N3O2. The van der Waals surface area contributed by atoms with Crippen molar-refractivity contribution < 1.29 is 9.53 Å². The first-order chi connectivity index (χ1) is 13.5. The third-order valence-electron chi connectivity index (χ3n) is 5.63. The summed E-state index contributed by atoms with van der Waals surface area (Å²) in [5.74, 6) is 0.0479. The Morgan fingerprint density at radius 1 is 1.11 bits per heavy atom. The fourth-order valence-electron chi connectivity index (χ4n) is 4.44. The highest BCUT2D eigenvalue weighted by atomic mass is 16.5. The zero-order chi connectivity index (χ0) is 19.7. The summed E-state index contributed by atoms with van der Waals surface area (Å²) >= 11 is 0. The smallest absolute Gasteiger partial charge is 0.258 e. The monoisotopic (exact) mass is 379 g/mol. The van der Waals surface area contributed by atoms with Gasteiger partial charge in [0.15, 0.2) is 0 Å². The number of amides is 1. The summed E-state index contributed by atoms with van der Waals surface area (Å²) in [4.78, 5) is 17.4. The Morgan fingerprint density at radius 2 is 1.82 bits per heavy atom. The molecule has 1 saturated heterocycles. The molecule has 0 spiro atoms. The first kappa shape index (κ1) is 19.0. The summed E-state index contributed by atoms with van der Waals surface area (Å²) in [7, 11) is 0. The largest absolute Gasteiger partial charge is 0.398 e. The fourth-order valence-corrected chi connectivity index (χ4v) is 4.44. The van der Waals surface area contributed by atoms with Gasteiger partial charge in [0.1, 0.15) is 0 Å². The molecule has 2 heterocycles. The molecule has 28 heavy (non-hydrogen) atoms. The van der Waals surface area contributed by atoms with Crippen LogP contribution < -0.4 is 10.6 Å². The fraction of sp³-hybridized carbons (Fsp3) is 0.435. The van der Waals surface area contributed by atoms with Crippen LogP contribution in [0.15, 0.2) is 42.5 Å². The van der Waals surface area contributed by atoms with Gasteiger partial charge in [-0.1, -0.05) is 18.2 Å². The minimum absolute atomic E-state index is 0.0479. The van der Waals surface area contributed by atoms with Crippen LogP contribution in [0.25, 0.3) is 0 Å². The van der Waals surface area contributed by atoms with Gasteiger partial charge in [0.2, 0.25) is 0 Å². The van der Waals surface area contributed by atoms with Crippen LogP contribution in [-0.2, 0) is 17.7 Å². The van der Waals surface area contributed by atoms with E-state index in [2.05, 4.69) is 30.9 Å². The predicted octanol–water partition coefficient (Wildman–Crippen LogP) is 3.47. The molecule has 2 atom stereocenters. The lowest BCUT2D eigenvalue weighted by atomic mass is 9.99. The van der Waals surface area contributed by atoms with Gasteiger partial charge in [0.25, 0.3) is 5.91 Å². The lowest BCUT2D eigenvalue weighted by Crippen LogP contribution is -2.44.